The Balaban J connectivity index is 1.51. The summed E-state index contributed by atoms with van der Waals surface area (Å²) >= 11 is 0. The molecule has 1 saturated heterocycles. The SMILES string of the molecule is COCCN(CC(=O)N(Cc1ccc(C)cc1)C1CCN(C(=O)Nc2cccc(C)c2C)CC1)S(=O)(=O)c1ccccc1. The summed E-state index contributed by atoms with van der Waals surface area (Å²) < 4.78 is 33.4. The number of nitrogens with zero attached hydrogens (tertiary/aromatic N) is 3. The van der Waals surface area contributed by atoms with Gasteiger partial charge in [0.25, 0.3) is 0 Å². The molecule has 9 nitrogen and oxygen atoms in total. The summed E-state index contributed by atoms with van der Waals surface area (Å²) in [6, 6.07) is 21.6. The van der Waals surface area contributed by atoms with Crippen molar-refractivity contribution in [2.75, 3.05) is 45.2 Å². The van der Waals surface area contributed by atoms with Gasteiger partial charge in [-0.05, 0) is 68.5 Å². The van der Waals surface area contributed by atoms with E-state index in [-0.39, 0.29) is 42.6 Å². The molecule has 230 valence electrons. The van der Waals surface area contributed by atoms with Gasteiger partial charge in [0, 0.05) is 45.0 Å². The van der Waals surface area contributed by atoms with Crippen LogP contribution in [0.5, 0.6) is 0 Å². The monoisotopic (exact) mass is 606 g/mol. The molecule has 1 aliphatic heterocycles. The standard InChI is InChI=1S/C33H42N4O5S/c1-25-13-15-28(16-14-25)23-37(32(38)24-36(21-22-42-4)43(40,41)30-10-6-5-7-11-30)29-17-19-35(20-18-29)33(39)34-31-12-8-9-26(2)27(31)3/h5-16,29H,17-24H2,1-4H3,(H,34,39). The van der Waals surface area contributed by atoms with Gasteiger partial charge in [-0.3, -0.25) is 4.79 Å². The van der Waals surface area contributed by atoms with Crippen LogP contribution in [0, 0.1) is 20.8 Å². The van der Waals surface area contributed by atoms with E-state index in [4.69, 9.17) is 4.74 Å². The van der Waals surface area contributed by atoms with Gasteiger partial charge in [0.2, 0.25) is 15.9 Å². The summed E-state index contributed by atoms with van der Waals surface area (Å²) in [5.74, 6) is -0.283. The highest BCUT2D eigenvalue weighted by atomic mass is 32.2. The van der Waals surface area contributed by atoms with Crippen molar-refractivity contribution < 1.29 is 22.7 Å². The van der Waals surface area contributed by atoms with Crippen molar-refractivity contribution >= 4 is 27.6 Å². The van der Waals surface area contributed by atoms with E-state index in [0.29, 0.717) is 32.5 Å². The molecule has 10 heteroatoms. The molecule has 1 aliphatic rings. The average Bonchev–Trinajstić information content (AvgIpc) is 3.01. The number of methoxy groups -OCH3 is 1. The molecule has 0 aliphatic carbocycles. The zero-order chi connectivity index (χ0) is 31.0. The van der Waals surface area contributed by atoms with E-state index in [1.165, 1.54) is 23.5 Å². The van der Waals surface area contributed by atoms with Crippen LogP contribution in [0.4, 0.5) is 10.5 Å². The number of nitrogens with one attached hydrogen (secondary N) is 1. The van der Waals surface area contributed by atoms with Gasteiger partial charge < -0.3 is 19.9 Å². The minimum absolute atomic E-state index is 0.0504. The zero-order valence-corrected chi connectivity index (χ0v) is 26.3. The molecular formula is C33H42N4O5S. The van der Waals surface area contributed by atoms with E-state index in [1.807, 2.05) is 63.2 Å². The van der Waals surface area contributed by atoms with Gasteiger partial charge in [-0.1, -0.05) is 60.2 Å². The second-order valence-electron chi connectivity index (χ2n) is 11.0. The van der Waals surface area contributed by atoms with E-state index in [9.17, 15) is 18.0 Å². The van der Waals surface area contributed by atoms with Crippen LogP contribution < -0.4 is 5.32 Å². The quantitative estimate of drug-likeness (QED) is 0.332. The Morgan fingerprint density at radius 1 is 0.930 bits per heavy atom. The summed E-state index contributed by atoms with van der Waals surface area (Å²) in [5, 5.41) is 3.03. The predicted octanol–water partition coefficient (Wildman–Crippen LogP) is 4.97. The fraction of sp³-hybridized carbons (Fsp3) is 0.394. The first-order chi connectivity index (χ1) is 20.6. The number of hydrogen-bond donors (Lipinski definition) is 1. The lowest BCUT2D eigenvalue weighted by atomic mass is 10.0. The van der Waals surface area contributed by atoms with Crippen LogP contribution in [0.1, 0.15) is 35.1 Å². The molecule has 0 saturated carbocycles. The Kier molecular flexibility index (Phi) is 11.0. The van der Waals surface area contributed by atoms with Crippen molar-refractivity contribution in [2.45, 2.75) is 51.1 Å². The number of rotatable bonds is 11. The number of hydrogen-bond acceptors (Lipinski definition) is 5. The van der Waals surface area contributed by atoms with Crippen molar-refractivity contribution in [1.29, 1.82) is 0 Å². The molecule has 0 spiro atoms. The molecule has 1 heterocycles. The summed E-state index contributed by atoms with van der Waals surface area (Å²) in [5.41, 5.74) is 5.01. The first-order valence-corrected chi connectivity index (χ1v) is 16.1. The molecule has 0 atom stereocenters. The number of carbonyl (C=O) groups excluding carboxylic acids is 2. The molecule has 3 aromatic rings. The minimum Gasteiger partial charge on any atom is -0.383 e. The van der Waals surface area contributed by atoms with E-state index in [1.54, 1.807) is 28.0 Å². The molecule has 0 unspecified atom stereocenters. The molecule has 43 heavy (non-hydrogen) atoms. The van der Waals surface area contributed by atoms with E-state index in [2.05, 4.69) is 5.32 Å². The number of urea groups is 1. The maximum atomic E-state index is 14.0. The van der Waals surface area contributed by atoms with Gasteiger partial charge in [0.15, 0.2) is 0 Å². The van der Waals surface area contributed by atoms with Gasteiger partial charge in [0.1, 0.15) is 0 Å². The van der Waals surface area contributed by atoms with Gasteiger partial charge >= 0.3 is 6.03 Å². The molecule has 0 bridgehead atoms. The Bertz CT molecular complexity index is 1490. The predicted molar refractivity (Wildman–Crippen MR) is 168 cm³/mol. The van der Waals surface area contributed by atoms with Crippen LogP contribution >= 0.6 is 0 Å². The number of aryl methyl sites for hydroxylation is 2. The van der Waals surface area contributed by atoms with E-state index >= 15 is 0 Å². The smallest absolute Gasteiger partial charge is 0.321 e. The molecule has 0 aromatic heterocycles. The maximum Gasteiger partial charge on any atom is 0.321 e. The Morgan fingerprint density at radius 2 is 1.60 bits per heavy atom. The first-order valence-electron chi connectivity index (χ1n) is 14.6. The number of amides is 3. The maximum absolute atomic E-state index is 14.0. The molecule has 0 radical (unpaired) electrons. The lowest BCUT2D eigenvalue weighted by Gasteiger charge is -2.39. The molecule has 3 amide bonds. The number of likely N-dealkylation sites (tertiary alicyclic amines) is 1. The topological polar surface area (TPSA) is 99.3 Å². The van der Waals surface area contributed by atoms with Crippen LogP contribution in [0.25, 0.3) is 0 Å². The van der Waals surface area contributed by atoms with E-state index < -0.39 is 10.0 Å². The number of ether oxygens (including phenoxy) is 1. The number of piperidine rings is 1. The lowest BCUT2D eigenvalue weighted by Crippen LogP contribution is -2.52. The number of anilines is 1. The van der Waals surface area contributed by atoms with Gasteiger partial charge in [0.05, 0.1) is 18.0 Å². The fourth-order valence-corrected chi connectivity index (χ4v) is 6.63. The normalized spacial score (nSPS) is 14.1. The van der Waals surface area contributed by atoms with Gasteiger partial charge in [-0.2, -0.15) is 4.31 Å². The summed E-state index contributed by atoms with van der Waals surface area (Å²) in [6.45, 7) is 7.22. The Morgan fingerprint density at radius 3 is 2.26 bits per heavy atom. The highest BCUT2D eigenvalue weighted by molar-refractivity contribution is 7.89. The van der Waals surface area contributed by atoms with Crippen molar-refractivity contribution in [3.8, 4) is 0 Å². The van der Waals surface area contributed by atoms with Crippen LogP contribution in [0.2, 0.25) is 0 Å². The van der Waals surface area contributed by atoms with Gasteiger partial charge in [-0.25, -0.2) is 13.2 Å². The average molecular weight is 607 g/mol. The van der Waals surface area contributed by atoms with Crippen molar-refractivity contribution in [1.82, 2.24) is 14.1 Å². The summed E-state index contributed by atoms with van der Waals surface area (Å²) in [7, 11) is -2.42. The summed E-state index contributed by atoms with van der Waals surface area (Å²) in [6.07, 6.45) is 1.17. The fourth-order valence-electron chi connectivity index (χ4n) is 5.23. The third-order valence-corrected chi connectivity index (χ3v) is 9.93. The molecule has 1 fully saturated rings. The number of carbonyl (C=O) groups is 2. The van der Waals surface area contributed by atoms with Crippen molar-refractivity contribution in [3.05, 3.63) is 95.1 Å². The van der Waals surface area contributed by atoms with Crippen molar-refractivity contribution in [2.24, 2.45) is 0 Å². The highest BCUT2D eigenvalue weighted by Crippen LogP contribution is 2.24. The molecule has 3 aromatic carbocycles. The summed E-state index contributed by atoms with van der Waals surface area (Å²) in [4.78, 5) is 30.8. The van der Waals surface area contributed by atoms with Crippen LogP contribution in [-0.4, -0.2) is 80.4 Å². The van der Waals surface area contributed by atoms with Crippen LogP contribution in [0.3, 0.4) is 0 Å². The van der Waals surface area contributed by atoms with Gasteiger partial charge in [-0.15, -0.1) is 0 Å². The third kappa shape index (κ3) is 8.22. The first kappa shape index (κ1) is 32.2. The van der Waals surface area contributed by atoms with Crippen molar-refractivity contribution in [3.63, 3.8) is 0 Å². The third-order valence-electron chi connectivity index (χ3n) is 8.07. The second-order valence-corrected chi connectivity index (χ2v) is 13.0. The molecule has 4 rings (SSSR count). The number of sulfonamides is 1. The number of benzene rings is 3. The van der Waals surface area contributed by atoms with Crippen LogP contribution in [0.15, 0.2) is 77.7 Å². The Labute approximate surface area is 255 Å². The lowest BCUT2D eigenvalue weighted by molar-refractivity contribution is -0.135. The van der Waals surface area contributed by atoms with Crippen LogP contribution in [-0.2, 0) is 26.1 Å². The highest BCUT2D eigenvalue weighted by Gasteiger charge is 2.33. The minimum atomic E-state index is -3.92. The van der Waals surface area contributed by atoms with E-state index in [0.717, 1.165) is 27.9 Å². The molecular weight excluding hydrogens is 564 g/mol. The second kappa shape index (κ2) is 14.6. The molecule has 1 N–H and O–H groups in total. The Hall–Kier alpha value is -3.73. The zero-order valence-electron chi connectivity index (χ0n) is 25.5. The largest absolute Gasteiger partial charge is 0.383 e.